The Kier molecular flexibility index (Phi) is 5.16. The molecule has 0 atom stereocenters. The van der Waals surface area contributed by atoms with Crippen LogP contribution in [0, 0.1) is 12.3 Å². The van der Waals surface area contributed by atoms with Crippen molar-refractivity contribution in [2.75, 3.05) is 26.2 Å². The van der Waals surface area contributed by atoms with Crippen LogP contribution in [0.1, 0.15) is 35.3 Å². The summed E-state index contributed by atoms with van der Waals surface area (Å²) in [4.78, 5) is 14.7. The lowest BCUT2D eigenvalue weighted by molar-refractivity contribution is 0.0602. The van der Waals surface area contributed by atoms with Gasteiger partial charge >= 0.3 is 0 Å². The summed E-state index contributed by atoms with van der Waals surface area (Å²) < 4.78 is 0. The predicted molar refractivity (Wildman–Crippen MR) is 101 cm³/mol. The molecule has 1 aromatic carbocycles. The Labute approximate surface area is 154 Å². The maximum Gasteiger partial charge on any atom is 0.271 e. The Morgan fingerprint density at radius 2 is 1.88 bits per heavy atom. The molecule has 25 heavy (non-hydrogen) atoms. The molecule has 0 saturated carbocycles. The van der Waals surface area contributed by atoms with E-state index in [1.54, 1.807) is 0 Å². The fourth-order valence-electron chi connectivity index (χ4n) is 3.88. The highest BCUT2D eigenvalue weighted by Crippen LogP contribution is 2.37. The van der Waals surface area contributed by atoms with E-state index in [-0.39, 0.29) is 18.3 Å². The largest absolute Gasteiger partial charge is 0.337 e. The average Bonchev–Trinajstić information content (AvgIpc) is 3.26. The summed E-state index contributed by atoms with van der Waals surface area (Å²) in [6.07, 6.45) is 3.45. The number of carbonyl (C=O) groups is 1. The summed E-state index contributed by atoms with van der Waals surface area (Å²) in [6.45, 7) is 5.98. The summed E-state index contributed by atoms with van der Waals surface area (Å²) in [5.41, 5.74) is 4.09. The van der Waals surface area contributed by atoms with Crippen molar-refractivity contribution >= 4 is 18.3 Å². The Morgan fingerprint density at radius 3 is 2.52 bits per heavy atom. The van der Waals surface area contributed by atoms with Gasteiger partial charge in [0.25, 0.3) is 5.91 Å². The van der Waals surface area contributed by atoms with Crippen LogP contribution >= 0.6 is 12.4 Å². The van der Waals surface area contributed by atoms with Crippen LogP contribution in [0.25, 0.3) is 11.3 Å². The third kappa shape index (κ3) is 3.58. The van der Waals surface area contributed by atoms with Gasteiger partial charge in [-0.3, -0.25) is 9.89 Å². The summed E-state index contributed by atoms with van der Waals surface area (Å²) in [6, 6.07) is 10.1. The Balaban J connectivity index is 0.00000182. The number of aryl methyl sites for hydroxylation is 1. The van der Waals surface area contributed by atoms with Crippen LogP contribution < -0.4 is 5.32 Å². The molecule has 3 heterocycles. The highest BCUT2D eigenvalue weighted by molar-refractivity contribution is 5.93. The minimum Gasteiger partial charge on any atom is -0.337 e. The van der Waals surface area contributed by atoms with E-state index in [1.165, 1.54) is 12.0 Å². The Morgan fingerprint density at radius 1 is 1.16 bits per heavy atom. The smallest absolute Gasteiger partial charge is 0.271 e. The van der Waals surface area contributed by atoms with Crippen molar-refractivity contribution in [2.24, 2.45) is 5.41 Å². The minimum absolute atomic E-state index is 0. The van der Waals surface area contributed by atoms with Gasteiger partial charge in [-0.05, 0) is 44.2 Å². The third-order valence-electron chi connectivity index (χ3n) is 5.60. The highest BCUT2D eigenvalue weighted by atomic mass is 35.5. The number of likely N-dealkylation sites (tertiary alicyclic amines) is 1. The van der Waals surface area contributed by atoms with Crippen LogP contribution in [0.3, 0.4) is 0 Å². The van der Waals surface area contributed by atoms with Crippen LogP contribution in [-0.2, 0) is 0 Å². The number of aromatic nitrogens is 2. The van der Waals surface area contributed by atoms with E-state index in [0.717, 1.165) is 50.3 Å². The number of benzene rings is 1. The number of nitrogens with zero attached hydrogens (tertiary/aromatic N) is 2. The number of rotatable bonds is 2. The van der Waals surface area contributed by atoms with Gasteiger partial charge in [-0.1, -0.05) is 29.8 Å². The number of nitrogens with one attached hydrogen (secondary N) is 2. The molecule has 2 N–H and O–H groups in total. The molecule has 6 heteroatoms. The topological polar surface area (TPSA) is 61.0 Å². The molecule has 1 aromatic heterocycles. The molecule has 2 fully saturated rings. The summed E-state index contributed by atoms with van der Waals surface area (Å²) in [7, 11) is 0. The number of hydrogen-bond donors (Lipinski definition) is 2. The average molecular weight is 361 g/mol. The zero-order valence-corrected chi connectivity index (χ0v) is 15.4. The standard InChI is InChI=1S/C19H24N4O.ClH/c1-14-2-4-15(5-3-14)16-12-17(22-21-16)18(24)23-10-7-19(8-11-23)6-9-20-13-19;/h2-5,12,20H,6-11,13H2,1H3,(H,21,22);1H. The second kappa shape index (κ2) is 7.18. The van der Waals surface area contributed by atoms with Crippen LogP contribution in [0.5, 0.6) is 0 Å². The number of halogens is 1. The van der Waals surface area contributed by atoms with Crippen molar-refractivity contribution in [2.45, 2.75) is 26.2 Å². The van der Waals surface area contributed by atoms with Gasteiger partial charge in [-0.15, -0.1) is 12.4 Å². The van der Waals surface area contributed by atoms with E-state index in [0.29, 0.717) is 11.1 Å². The first-order valence-electron chi connectivity index (χ1n) is 8.78. The molecule has 0 radical (unpaired) electrons. The molecule has 2 saturated heterocycles. The second-order valence-corrected chi connectivity index (χ2v) is 7.25. The molecule has 0 bridgehead atoms. The fourth-order valence-corrected chi connectivity index (χ4v) is 3.88. The zero-order valence-electron chi connectivity index (χ0n) is 14.5. The van der Waals surface area contributed by atoms with Crippen molar-refractivity contribution < 1.29 is 4.79 Å². The van der Waals surface area contributed by atoms with Gasteiger partial charge in [0, 0.05) is 25.2 Å². The molecule has 2 aromatic rings. The molecule has 1 amide bonds. The highest BCUT2D eigenvalue weighted by Gasteiger charge is 2.38. The number of carbonyl (C=O) groups excluding carboxylic acids is 1. The Bertz CT molecular complexity index is 724. The lowest BCUT2D eigenvalue weighted by atomic mass is 9.78. The van der Waals surface area contributed by atoms with Gasteiger partial charge in [0.15, 0.2) is 0 Å². The summed E-state index contributed by atoms with van der Waals surface area (Å²) >= 11 is 0. The minimum atomic E-state index is 0. The number of hydrogen-bond acceptors (Lipinski definition) is 3. The van der Waals surface area contributed by atoms with Crippen molar-refractivity contribution in [1.29, 1.82) is 0 Å². The monoisotopic (exact) mass is 360 g/mol. The lowest BCUT2D eigenvalue weighted by Crippen LogP contribution is -2.44. The SMILES string of the molecule is Cc1ccc(-c2cc(C(=O)N3CCC4(CCNC4)CC3)[nH]n2)cc1.Cl. The van der Waals surface area contributed by atoms with Crippen molar-refractivity contribution in [3.63, 3.8) is 0 Å². The molecule has 1 spiro atoms. The first-order chi connectivity index (χ1) is 11.7. The third-order valence-corrected chi connectivity index (χ3v) is 5.60. The fraction of sp³-hybridized carbons (Fsp3) is 0.474. The van der Waals surface area contributed by atoms with Crippen molar-refractivity contribution in [1.82, 2.24) is 20.4 Å². The van der Waals surface area contributed by atoms with Gasteiger partial charge in [0.1, 0.15) is 5.69 Å². The molecule has 134 valence electrons. The van der Waals surface area contributed by atoms with E-state index in [2.05, 4.69) is 34.6 Å². The van der Waals surface area contributed by atoms with Gasteiger partial charge in [0.2, 0.25) is 0 Å². The van der Waals surface area contributed by atoms with Crippen LogP contribution in [0.2, 0.25) is 0 Å². The lowest BCUT2D eigenvalue weighted by Gasteiger charge is -2.38. The predicted octanol–water partition coefficient (Wildman–Crippen LogP) is 3.02. The molecule has 0 unspecified atom stereocenters. The van der Waals surface area contributed by atoms with Gasteiger partial charge in [0.05, 0.1) is 5.69 Å². The Hall–Kier alpha value is -1.85. The van der Waals surface area contributed by atoms with Gasteiger partial charge in [-0.2, -0.15) is 5.10 Å². The molecule has 0 aliphatic carbocycles. The quantitative estimate of drug-likeness (QED) is 0.865. The van der Waals surface area contributed by atoms with Crippen molar-refractivity contribution in [3.8, 4) is 11.3 Å². The zero-order chi connectivity index (χ0) is 16.6. The van der Waals surface area contributed by atoms with E-state index in [9.17, 15) is 4.79 Å². The maximum atomic E-state index is 12.7. The van der Waals surface area contributed by atoms with Crippen LogP contribution in [0.4, 0.5) is 0 Å². The number of H-pyrrole nitrogens is 1. The molecular weight excluding hydrogens is 336 g/mol. The maximum absolute atomic E-state index is 12.7. The van der Waals surface area contributed by atoms with Gasteiger partial charge < -0.3 is 10.2 Å². The second-order valence-electron chi connectivity index (χ2n) is 7.25. The first-order valence-corrected chi connectivity index (χ1v) is 8.78. The van der Waals surface area contributed by atoms with Crippen molar-refractivity contribution in [3.05, 3.63) is 41.6 Å². The normalized spacial score (nSPS) is 19.0. The number of aromatic amines is 1. The first kappa shape index (κ1) is 18.0. The molecular formula is C19H25ClN4O. The summed E-state index contributed by atoms with van der Waals surface area (Å²) in [5.74, 6) is 0.0710. The molecule has 5 nitrogen and oxygen atoms in total. The molecule has 4 rings (SSSR count). The van der Waals surface area contributed by atoms with Crippen LogP contribution in [-0.4, -0.2) is 47.2 Å². The van der Waals surface area contributed by atoms with Gasteiger partial charge in [-0.25, -0.2) is 0 Å². The van der Waals surface area contributed by atoms with E-state index < -0.39 is 0 Å². The molecule has 2 aliphatic heterocycles. The van der Waals surface area contributed by atoms with E-state index >= 15 is 0 Å². The summed E-state index contributed by atoms with van der Waals surface area (Å²) in [5, 5.41) is 10.7. The van der Waals surface area contributed by atoms with E-state index in [4.69, 9.17) is 0 Å². The van der Waals surface area contributed by atoms with E-state index in [1.807, 2.05) is 23.1 Å². The molecule has 2 aliphatic rings. The number of amides is 1. The number of piperidine rings is 1. The van der Waals surface area contributed by atoms with Crippen LogP contribution in [0.15, 0.2) is 30.3 Å².